The fourth-order valence-corrected chi connectivity index (χ4v) is 1.89. The molecule has 0 aliphatic rings. The Hall–Kier alpha value is -2.21. The van der Waals surface area contributed by atoms with Crippen molar-refractivity contribution in [1.29, 1.82) is 0 Å². The van der Waals surface area contributed by atoms with Gasteiger partial charge in [0.2, 0.25) is 0 Å². The van der Waals surface area contributed by atoms with Crippen molar-refractivity contribution in [3.8, 4) is 5.75 Å². The SMILES string of the molecule is COc1ccc(C(N)Cn2nc(C)ccc2=O)cc1F. The van der Waals surface area contributed by atoms with E-state index in [4.69, 9.17) is 10.5 Å². The molecule has 0 amide bonds. The van der Waals surface area contributed by atoms with E-state index in [0.29, 0.717) is 5.56 Å². The van der Waals surface area contributed by atoms with Crippen LogP contribution in [-0.4, -0.2) is 16.9 Å². The zero-order valence-electron chi connectivity index (χ0n) is 11.3. The van der Waals surface area contributed by atoms with E-state index < -0.39 is 11.9 Å². The van der Waals surface area contributed by atoms with Gasteiger partial charge in [-0.15, -0.1) is 0 Å². The molecule has 1 atom stereocenters. The van der Waals surface area contributed by atoms with Crippen molar-refractivity contribution >= 4 is 0 Å². The summed E-state index contributed by atoms with van der Waals surface area (Å²) in [5, 5.41) is 4.10. The molecule has 6 heteroatoms. The molecule has 20 heavy (non-hydrogen) atoms. The van der Waals surface area contributed by atoms with Crippen LogP contribution in [0.1, 0.15) is 17.3 Å². The summed E-state index contributed by atoms with van der Waals surface area (Å²) < 4.78 is 19.8. The van der Waals surface area contributed by atoms with Crippen molar-refractivity contribution in [3.05, 3.63) is 57.8 Å². The van der Waals surface area contributed by atoms with Gasteiger partial charge < -0.3 is 10.5 Å². The third-order valence-corrected chi connectivity index (χ3v) is 2.97. The smallest absolute Gasteiger partial charge is 0.266 e. The summed E-state index contributed by atoms with van der Waals surface area (Å²) in [6.45, 7) is 1.97. The molecule has 0 saturated carbocycles. The first-order valence-electron chi connectivity index (χ1n) is 6.15. The maximum Gasteiger partial charge on any atom is 0.266 e. The van der Waals surface area contributed by atoms with Crippen LogP contribution in [-0.2, 0) is 6.54 Å². The Labute approximate surface area is 115 Å². The number of hydrogen-bond acceptors (Lipinski definition) is 4. The van der Waals surface area contributed by atoms with E-state index in [2.05, 4.69) is 5.10 Å². The van der Waals surface area contributed by atoms with Gasteiger partial charge in [-0.1, -0.05) is 6.07 Å². The molecule has 0 bridgehead atoms. The average Bonchev–Trinajstić information content (AvgIpc) is 2.42. The molecule has 1 heterocycles. The lowest BCUT2D eigenvalue weighted by molar-refractivity contribution is 0.385. The number of methoxy groups -OCH3 is 1. The molecule has 2 aromatic rings. The minimum absolute atomic E-state index is 0.159. The molecule has 2 rings (SSSR count). The Morgan fingerprint density at radius 1 is 1.40 bits per heavy atom. The minimum atomic E-state index is -0.526. The van der Waals surface area contributed by atoms with E-state index in [-0.39, 0.29) is 17.9 Å². The third kappa shape index (κ3) is 3.03. The fraction of sp³-hybridized carbons (Fsp3) is 0.286. The summed E-state index contributed by atoms with van der Waals surface area (Å²) in [6.07, 6.45) is 0. The molecule has 5 nitrogen and oxygen atoms in total. The van der Waals surface area contributed by atoms with Crippen LogP contribution >= 0.6 is 0 Å². The van der Waals surface area contributed by atoms with Crippen molar-refractivity contribution in [3.63, 3.8) is 0 Å². The van der Waals surface area contributed by atoms with Gasteiger partial charge in [-0.3, -0.25) is 4.79 Å². The number of benzene rings is 1. The highest BCUT2D eigenvalue weighted by molar-refractivity contribution is 5.30. The largest absolute Gasteiger partial charge is 0.494 e. The van der Waals surface area contributed by atoms with E-state index in [9.17, 15) is 9.18 Å². The van der Waals surface area contributed by atoms with Gasteiger partial charge in [-0.05, 0) is 30.7 Å². The van der Waals surface area contributed by atoms with Gasteiger partial charge in [-0.2, -0.15) is 5.10 Å². The molecule has 0 spiro atoms. The molecular weight excluding hydrogens is 261 g/mol. The quantitative estimate of drug-likeness (QED) is 0.917. The molecule has 0 aliphatic heterocycles. The lowest BCUT2D eigenvalue weighted by Gasteiger charge is -2.14. The summed E-state index contributed by atoms with van der Waals surface area (Å²) in [6, 6.07) is 7.04. The predicted octanol–water partition coefficient (Wildman–Crippen LogP) is 1.40. The molecule has 1 aromatic carbocycles. The fourth-order valence-electron chi connectivity index (χ4n) is 1.89. The van der Waals surface area contributed by atoms with Crippen molar-refractivity contribution in [1.82, 2.24) is 9.78 Å². The van der Waals surface area contributed by atoms with Gasteiger partial charge >= 0.3 is 0 Å². The number of nitrogens with two attached hydrogens (primary N) is 1. The monoisotopic (exact) mass is 277 g/mol. The van der Waals surface area contributed by atoms with Crippen LogP contribution in [0.2, 0.25) is 0 Å². The highest BCUT2D eigenvalue weighted by atomic mass is 19.1. The molecule has 1 unspecified atom stereocenters. The van der Waals surface area contributed by atoms with Crippen molar-refractivity contribution in [2.45, 2.75) is 19.5 Å². The minimum Gasteiger partial charge on any atom is -0.494 e. The number of nitrogens with zero attached hydrogens (tertiary/aromatic N) is 2. The van der Waals surface area contributed by atoms with Crippen LogP contribution in [0.4, 0.5) is 4.39 Å². The van der Waals surface area contributed by atoms with E-state index in [1.165, 1.54) is 30.0 Å². The zero-order chi connectivity index (χ0) is 14.7. The summed E-state index contributed by atoms with van der Waals surface area (Å²) in [7, 11) is 1.40. The summed E-state index contributed by atoms with van der Waals surface area (Å²) >= 11 is 0. The first-order chi connectivity index (χ1) is 9.51. The molecule has 2 N–H and O–H groups in total. The van der Waals surface area contributed by atoms with Crippen molar-refractivity contribution in [2.75, 3.05) is 7.11 Å². The second kappa shape index (κ2) is 5.83. The molecule has 0 aliphatic carbocycles. The number of aromatic nitrogens is 2. The summed E-state index contributed by atoms with van der Waals surface area (Å²) in [5.41, 5.74) is 7.07. The number of rotatable bonds is 4. The highest BCUT2D eigenvalue weighted by Gasteiger charge is 2.12. The van der Waals surface area contributed by atoms with E-state index in [1.807, 2.05) is 0 Å². The summed E-state index contributed by atoms with van der Waals surface area (Å²) in [5.74, 6) is -0.322. The molecular formula is C14H16FN3O2. The molecule has 1 aromatic heterocycles. The Bertz CT molecular complexity index is 670. The van der Waals surface area contributed by atoms with Gasteiger partial charge in [0.1, 0.15) is 0 Å². The van der Waals surface area contributed by atoms with Crippen molar-refractivity contribution < 1.29 is 9.13 Å². The topological polar surface area (TPSA) is 70.1 Å². The maximum absolute atomic E-state index is 13.6. The van der Waals surface area contributed by atoms with Gasteiger partial charge in [-0.25, -0.2) is 9.07 Å². The van der Waals surface area contributed by atoms with Crippen molar-refractivity contribution in [2.24, 2.45) is 5.73 Å². The van der Waals surface area contributed by atoms with Gasteiger partial charge in [0.15, 0.2) is 11.6 Å². The van der Waals surface area contributed by atoms with Gasteiger partial charge in [0.25, 0.3) is 5.56 Å². The van der Waals surface area contributed by atoms with Crippen LogP contribution in [0.5, 0.6) is 5.75 Å². The summed E-state index contributed by atoms with van der Waals surface area (Å²) in [4.78, 5) is 11.7. The zero-order valence-corrected chi connectivity index (χ0v) is 11.3. The number of ether oxygens (including phenoxy) is 1. The molecule has 0 fully saturated rings. The van der Waals surface area contributed by atoms with Gasteiger partial charge in [0, 0.05) is 12.1 Å². The lowest BCUT2D eigenvalue weighted by Crippen LogP contribution is -2.28. The average molecular weight is 277 g/mol. The van der Waals surface area contributed by atoms with Crippen LogP contribution < -0.4 is 16.0 Å². The molecule has 0 saturated heterocycles. The van der Waals surface area contributed by atoms with Crippen LogP contribution in [0.15, 0.2) is 35.1 Å². The maximum atomic E-state index is 13.6. The highest BCUT2D eigenvalue weighted by Crippen LogP contribution is 2.21. The van der Waals surface area contributed by atoms with E-state index in [1.54, 1.807) is 19.1 Å². The molecule has 0 radical (unpaired) electrons. The van der Waals surface area contributed by atoms with E-state index >= 15 is 0 Å². The van der Waals surface area contributed by atoms with Gasteiger partial charge in [0.05, 0.1) is 19.3 Å². The number of aryl methyl sites for hydroxylation is 1. The van der Waals surface area contributed by atoms with Crippen LogP contribution in [0.25, 0.3) is 0 Å². The second-order valence-electron chi connectivity index (χ2n) is 4.50. The molecule has 106 valence electrons. The first kappa shape index (κ1) is 14.2. The van der Waals surface area contributed by atoms with Crippen LogP contribution in [0, 0.1) is 12.7 Å². The first-order valence-corrected chi connectivity index (χ1v) is 6.15. The Morgan fingerprint density at radius 3 is 2.80 bits per heavy atom. The normalized spacial score (nSPS) is 12.2. The van der Waals surface area contributed by atoms with E-state index in [0.717, 1.165) is 5.69 Å². The number of halogens is 1. The van der Waals surface area contributed by atoms with Crippen LogP contribution in [0.3, 0.4) is 0 Å². The standard InChI is InChI=1S/C14H16FN3O2/c1-9-3-6-14(19)18(17-9)8-12(16)10-4-5-13(20-2)11(15)7-10/h3-7,12H,8,16H2,1-2H3. The Balaban J connectivity index is 2.23. The third-order valence-electron chi connectivity index (χ3n) is 2.97. The second-order valence-corrected chi connectivity index (χ2v) is 4.50. The lowest BCUT2D eigenvalue weighted by atomic mass is 10.1. The predicted molar refractivity (Wildman–Crippen MR) is 73.1 cm³/mol. The Kier molecular flexibility index (Phi) is 4.14. The Morgan fingerprint density at radius 2 is 2.15 bits per heavy atom. The number of hydrogen-bond donors (Lipinski definition) is 1.